The topological polar surface area (TPSA) is 21.6 Å². The van der Waals surface area contributed by atoms with Gasteiger partial charge in [-0.25, -0.2) is 4.99 Å². The van der Waals surface area contributed by atoms with Crippen LogP contribution in [-0.4, -0.2) is 18.5 Å². The van der Waals surface area contributed by atoms with Crippen LogP contribution in [0.15, 0.2) is 41.4 Å². The number of hydrogen-bond donors (Lipinski definition) is 0. The minimum Gasteiger partial charge on any atom is -0.476 e. The van der Waals surface area contributed by atoms with Gasteiger partial charge in [0.15, 0.2) is 0 Å². The van der Waals surface area contributed by atoms with Crippen LogP contribution in [0, 0.1) is 5.92 Å². The van der Waals surface area contributed by atoms with E-state index in [1.54, 1.807) is 0 Å². The maximum Gasteiger partial charge on any atom is 0.209 e. The molecule has 0 unspecified atom stereocenters. The third-order valence-corrected chi connectivity index (χ3v) is 2.68. The molecule has 0 amide bonds. The van der Waals surface area contributed by atoms with Gasteiger partial charge in [-0.2, -0.15) is 0 Å². The summed E-state index contributed by atoms with van der Waals surface area (Å²) in [5.74, 6) is 1.30. The molecule has 0 saturated heterocycles. The van der Waals surface area contributed by atoms with Crippen LogP contribution in [0.1, 0.15) is 19.4 Å². The lowest BCUT2D eigenvalue weighted by molar-refractivity contribution is 0.293. The lowest BCUT2D eigenvalue weighted by Crippen LogP contribution is -2.13. The van der Waals surface area contributed by atoms with Gasteiger partial charge in [-0.05, 0) is 17.6 Å². The highest BCUT2D eigenvalue weighted by atomic mass is 16.5. The lowest BCUT2D eigenvalue weighted by atomic mass is 10.1. The minimum absolute atomic E-state index is 0.315. The summed E-state index contributed by atoms with van der Waals surface area (Å²) in [5, 5.41) is 0. The van der Waals surface area contributed by atoms with Crippen molar-refractivity contribution in [2.45, 2.75) is 19.9 Å². The van der Waals surface area contributed by atoms with Crippen molar-refractivity contribution in [1.29, 1.82) is 0 Å². The van der Waals surface area contributed by atoms with Gasteiger partial charge >= 0.3 is 0 Å². The van der Waals surface area contributed by atoms with Gasteiger partial charge in [0.2, 0.25) is 5.90 Å². The highest BCUT2D eigenvalue weighted by Crippen LogP contribution is 2.14. The third kappa shape index (κ3) is 2.72. The quantitative estimate of drug-likeness (QED) is 0.759. The Balaban J connectivity index is 2.01. The maximum absolute atomic E-state index is 5.51. The molecule has 2 heteroatoms. The van der Waals surface area contributed by atoms with Crippen LogP contribution >= 0.6 is 0 Å². The fourth-order valence-corrected chi connectivity index (χ4v) is 1.57. The van der Waals surface area contributed by atoms with E-state index in [1.165, 1.54) is 5.56 Å². The van der Waals surface area contributed by atoms with Crippen LogP contribution in [0.2, 0.25) is 0 Å². The lowest BCUT2D eigenvalue weighted by Gasteiger charge is -2.06. The van der Waals surface area contributed by atoms with Crippen molar-refractivity contribution in [3.05, 3.63) is 42.0 Å². The molecule has 0 aliphatic carbocycles. The van der Waals surface area contributed by atoms with Crippen LogP contribution in [0.5, 0.6) is 0 Å². The molecule has 0 saturated carbocycles. The van der Waals surface area contributed by atoms with E-state index in [0.29, 0.717) is 18.6 Å². The molecule has 2 nitrogen and oxygen atoms in total. The molecule has 2 rings (SSSR count). The van der Waals surface area contributed by atoms with E-state index in [2.05, 4.69) is 31.0 Å². The van der Waals surface area contributed by atoms with Gasteiger partial charge in [0, 0.05) is 6.08 Å². The zero-order valence-corrected chi connectivity index (χ0v) is 9.76. The van der Waals surface area contributed by atoms with Gasteiger partial charge < -0.3 is 4.74 Å². The Labute approximate surface area is 96.7 Å². The van der Waals surface area contributed by atoms with Crippen LogP contribution in [0.25, 0.3) is 6.08 Å². The van der Waals surface area contributed by atoms with E-state index < -0.39 is 0 Å². The summed E-state index contributed by atoms with van der Waals surface area (Å²) in [6, 6.07) is 10.5. The fourth-order valence-electron chi connectivity index (χ4n) is 1.57. The second-order valence-electron chi connectivity index (χ2n) is 4.33. The Bertz CT molecular complexity index is 392. The summed E-state index contributed by atoms with van der Waals surface area (Å²) in [4.78, 5) is 4.51. The van der Waals surface area contributed by atoms with Gasteiger partial charge in [0.05, 0.1) is 6.04 Å². The van der Waals surface area contributed by atoms with Gasteiger partial charge in [0.25, 0.3) is 0 Å². The second-order valence-corrected chi connectivity index (χ2v) is 4.33. The van der Waals surface area contributed by atoms with Crippen molar-refractivity contribution in [2.75, 3.05) is 6.61 Å². The largest absolute Gasteiger partial charge is 0.476 e. The van der Waals surface area contributed by atoms with Crippen LogP contribution in [0.3, 0.4) is 0 Å². The van der Waals surface area contributed by atoms with Gasteiger partial charge in [-0.3, -0.25) is 0 Å². The predicted molar refractivity (Wildman–Crippen MR) is 67.5 cm³/mol. The average Bonchev–Trinajstić information content (AvgIpc) is 2.76. The Morgan fingerprint density at radius 1 is 1.25 bits per heavy atom. The minimum atomic E-state index is 0.315. The van der Waals surface area contributed by atoms with Crippen LogP contribution in [-0.2, 0) is 4.74 Å². The second kappa shape index (κ2) is 4.97. The standard InChI is InChI=1S/C14H17NO/c1-11(2)13-10-16-14(15-13)9-8-12-6-4-3-5-7-12/h3-9,11,13H,10H2,1-2H3/t13-/m1/s1. The molecular weight excluding hydrogens is 198 g/mol. The summed E-state index contributed by atoms with van der Waals surface area (Å²) >= 11 is 0. The number of nitrogens with zero attached hydrogens (tertiary/aromatic N) is 1. The van der Waals surface area contributed by atoms with Crippen molar-refractivity contribution in [3.63, 3.8) is 0 Å². The summed E-state index contributed by atoms with van der Waals surface area (Å²) in [6.07, 6.45) is 3.97. The molecule has 1 aromatic rings. The summed E-state index contributed by atoms with van der Waals surface area (Å²) in [5.41, 5.74) is 1.17. The van der Waals surface area contributed by atoms with Crippen molar-refractivity contribution >= 4 is 12.0 Å². The number of hydrogen-bond acceptors (Lipinski definition) is 2. The summed E-state index contributed by atoms with van der Waals surface area (Å²) in [7, 11) is 0. The van der Waals surface area contributed by atoms with Gasteiger partial charge in [0.1, 0.15) is 6.61 Å². The smallest absolute Gasteiger partial charge is 0.209 e. The van der Waals surface area contributed by atoms with E-state index in [1.807, 2.05) is 30.4 Å². The first-order chi connectivity index (χ1) is 7.75. The normalized spacial score (nSPS) is 20.2. The maximum atomic E-state index is 5.51. The Kier molecular flexibility index (Phi) is 3.40. The molecule has 0 N–H and O–H groups in total. The van der Waals surface area contributed by atoms with Gasteiger partial charge in [-0.1, -0.05) is 44.2 Å². The van der Waals surface area contributed by atoms with Crippen molar-refractivity contribution < 1.29 is 4.74 Å². The van der Waals surface area contributed by atoms with E-state index in [0.717, 1.165) is 5.90 Å². The summed E-state index contributed by atoms with van der Waals surface area (Å²) in [6.45, 7) is 5.05. The Morgan fingerprint density at radius 2 is 2.00 bits per heavy atom. The molecule has 0 spiro atoms. The molecule has 1 aliphatic rings. The van der Waals surface area contributed by atoms with E-state index in [-0.39, 0.29) is 0 Å². The molecule has 16 heavy (non-hydrogen) atoms. The van der Waals surface area contributed by atoms with E-state index >= 15 is 0 Å². The SMILES string of the molecule is CC(C)[C@H]1COC(C=Cc2ccccc2)=N1. The third-order valence-electron chi connectivity index (χ3n) is 2.68. The van der Waals surface area contributed by atoms with Crippen LogP contribution < -0.4 is 0 Å². The summed E-state index contributed by atoms with van der Waals surface area (Å²) < 4.78 is 5.51. The first-order valence-electron chi connectivity index (χ1n) is 5.69. The fraction of sp³-hybridized carbons (Fsp3) is 0.357. The monoisotopic (exact) mass is 215 g/mol. The molecular formula is C14H17NO. The Hall–Kier alpha value is -1.57. The average molecular weight is 215 g/mol. The van der Waals surface area contributed by atoms with Crippen molar-refractivity contribution in [1.82, 2.24) is 0 Å². The Morgan fingerprint density at radius 3 is 2.62 bits per heavy atom. The van der Waals surface area contributed by atoms with Crippen LogP contribution in [0.4, 0.5) is 0 Å². The molecule has 1 heterocycles. The van der Waals surface area contributed by atoms with Gasteiger partial charge in [-0.15, -0.1) is 0 Å². The predicted octanol–water partition coefficient (Wildman–Crippen LogP) is 3.15. The zero-order valence-electron chi connectivity index (χ0n) is 9.76. The molecule has 0 aromatic heterocycles. The van der Waals surface area contributed by atoms with E-state index in [9.17, 15) is 0 Å². The van der Waals surface area contributed by atoms with Crippen molar-refractivity contribution in [3.8, 4) is 0 Å². The molecule has 0 fully saturated rings. The molecule has 1 aliphatic heterocycles. The number of aliphatic imine (C=N–C) groups is 1. The highest BCUT2D eigenvalue weighted by Gasteiger charge is 2.19. The molecule has 84 valence electrons. The first-order valence-corrected chi connectivity index (χ1v) is 5.69. The first kappa shape index (κ1) is 10.9. The molecule has 1 aromatic carbocycles. The number of ether oxygens (including phenoxy) is 1. The van der Waals surface area contributed by atoms with Crippen molar-refractivity contribution in [2.24, 2.45) is 10.9 Å². The van der Waals surface area contributed by atoms with E-state index in [4.69, 9.17) is 4.74 Å². The number of rotatable bonds is 3. The molecule has 0 radical (unpaired) electrons. The molecule has 1 atom stereocenters. The molecule has 0 bridgehead atoms. The highest BCUT2D eigenvalue weighted by molar-refractivity contribution is 5.92. The number of benzene rings is 1. The zero-order chi connectivity index (χ0) is 11.4.